The third kappa shape index (κ3) is 2.49. The van der Waals surface area contributed by atoms with E-state index in [2.05, 4.69) is 16.4 Å². The Hall–Kier alpha value is -0.760. The maximum atomic E-state index is 4.35. The number of rotatable bonds is 3. The topological polar surface area (TPSA) is 6.48 Å². The van der Waals surface area contributed by atoms with Gasteiger partial charge in [0.2, 0.25) is 0 Å². The molecule has 18 heavy (non-hydrogen) atoms. The highest BCUT2D eigenvalue weighted by Crippen LogP contribution is 2.33. The van der Waals surface area contributed by atoms with Gasteiger partial charge in [0.15, 0.2) is 0 Å². The molecule has 2 nitrogen and oxygen atoms in total. The molecule has 0 aromatic rings. The second-order valence-corrected chi connectivity index (χ2v) is 6.09. The Morgan fingerprint density at radius 1 is 0.833 bits per heavy atom. The van der Waals surface area contributed by atoms with Crippen LogP contribution in [-0.4, -0.2) is 42.5 Å². The molecule has 0 saturated carbocycles. The average molecular weight is 246 g/mol. The molecule has 100 valence electrons. The summed E-state index contributed by atoms with van der Waals surface area (Å²) in [7, 11) is 0. The molecule has 0 amide bonds. The van der Waals surface area contributed by atoms with E-state index in [0.717, 1.165) is 0 Å². The average Bonchev–Trinajstić information content (AvgIpc) is 3.01. The van der Waals surface area contributed by atoms with Gasteiger partial charge in [0.1, 0.15) is 0 Å². The van der Waals surface area contributed by atoms with E-state index in [4.69, 9.17) is 0 Å². The Balaban J connectivity index is 1.79. The lowest BCUT2D eigenvalue weighted by atomic mass is 9.91. The molecule has 0 aromatic carbocycles. The van der Waals surface area contributed by atoms with Gasteiger partial charge < -0.3 is 4.90 Å². The lowest BCUT2D eigenvalue weighted by Gasteiger charge is -2.32. The zero-order valence-electron chi connectivity index (χ0n) is 11.6. The van der Waals surface area contributed by atoms with Gasteiger partial charge in [-0.25, -0.2) is 0 Å². The van der Waals surface area contributed by atoms with Crippen LogP contribution < -0.4 is 0 Å². The molecule has 0 N–H and O–H groups in total. The highest BCUT2D eigenvalue weighted by atomic mass is 15.2. The van der Waals surface area contributed by atoms with Crippen LogP contribution in [0.2, 0.25) is 0 Å². The minimum absolute atomic E-state index is 1.21. The van der Waals surface area contributed by atoms with Crippen LogP contribution in [0.5, 0.6) is 0 Å². The van der Waals surface area contributed by atoms with Gasteiger partial charge in [-0.3, -0.25) is 4.90 Å². The van der Waals surface area contributed by atoms with Crippen molar-refractivity contribution < 1.29 is 0 Å². The molecule has 2 heterocycles. The van der Waals surface area contributed by atoms with Crippen molar-refractivity contribution in [3.05, 3.63) is 23.4 Å². The summed E-state index contributed by atoms with van der Waals surface area (Å²) in [4.78, 5) is 5.26. The van der Waals surface area contributed by atoms with Crippen molar-refractivity contribution in [1.29, 1.82) is 0 Å². The van der Waals surface area contributed by atoms with E-state index in [1.807, 2.05) is 0 Å². The van der Waals surface area contributed by atoms with Gasteiger partial charge in [-0.15, -0.1) is 0 Å². The van der Waals surface area contributed by atoms with E-state index < -0.39 is 0 Å². The first-order valence-corrected chi connectivity index (χ1v) is 7.72. The third-order valence-electron chi connectivity index (χ3n) is 4.66. The van der Waals surface area contributed by atoms with Crippen LogP contribution in [0.3, 0.4) is 0 Å². The van der Waals surface area contributed by atoms with E-state index in [0.29, 0.717) is 0 Å². The third-order valence-corrected chi connectivity index (χ3v) is 4.66. The molecule has 3 rings (SSSR count). The van der Waals surface area contributed by atoms with Crippen LogP contribution in [0, 0.1) is 0 Å². The fourth-order valence-corrected chi connectivity index (χ4v) is 3.75. The smallest absolute Gasteiger partial charge is 0.0397 e. The molecular formula is C16H26N2. The summed E-state index contributed by atoms with van der Waals surface area (Å²) in [6, 6.07) is 0. The van der Waals surface area contributed by atoms with Gasteiger partial charge in [0.25, 0.3) is 0 Å². The fourth-order valence-electron chi connectivity index (χ4n) is 3.75. The van der Waals surface area contributed by atoms with Gasteiger partial charge in [0, 0.05) is 25.3 Å². The van der Waals surface area contributed by atoms with Gasteiger partial charge in [0.05, 0.1) is 0 Å². The van der Waals surface area contributed by atoms with Gasteiger partial charge in [-0.1, -0.05) is 6.58 Å². The molecule has 3 aliphatic rings. The molecular weight excluding hydrogens is 220 g/mol. The quantitative estimate of drug-likeness (QED) is 0.754. The summed E-state index contributed by atoms with van der Waals surface area (Å²) in [5.41, 5.74) is 4.66. The van der Waals surface area contributed by atoms with E-state index in [-0.39, 0.29) is 0 Å². The van der Waals surface area contributed by atoms with E-state index >= 15 is 0 Å². The zero-order chi connectivity index (χ0) is 12.4. The van der Waals surface area contributed by atoms with Crippen molar-refractivity contribution >= 4 is 0 Å². The molecule has 2 fully saturated rings. The molecule has 0 radical (unpaired) electrons. The summed E-state index contributed by atoms with van der Waals surface area (Å²) in [5.74, 6) is 0. The van der Waals surface area contributed by atoms with Crippen LogP contribution in [0.1, 0.15) is 44.9 Å². The van der Waals surface area contributed by atoms with Crippen LogP contribution >= 0.6 is 0 Å². The predicted octanol–water partition coefficient (Wildman–Crippen LogP) is 3.17. The predicted molar refractivity (Wildman–Crippen MR) is 76.5 cm³/mol. The highest BCUT2D eigenvalue weighted by molar-refractivity contribution is 5.36. The molecule has 0 bridgehead atoms. The highest BCUT2D eigenvalue weighted by Gasteiger charge is 2.25. The molecule has 2 aliphatic heterocycles. The minimum Gasteiger partial charge on any atom is -0.371 e. The largest absolute Gasteiger partial charge is 0.371 e. The van der Waals surface area contributed by atoms with Crippen LogP contribution in [-0.2, 0) is 0 Å². The molecule has 0 aromatic heterocycles. The number of hydrogen-bond donors (Lipinski definition) is 0. The number of nitrogens with zero attached hydrogens (tertiary/aromatic N) is 2. The lowest BCUT2D eigenvalue weighted by molar-refractivity contribution is 0.346. The number of allylic oxidation sites excluding steroid dienone is 1. The second kappa shape index (κ2) is 5.48. The SMILES string of the molecule is C=C1CCCC(CN2CCCC2)=C1N1CCCC1. The Bertz CT molecular complexity index is 344. The summed E-state index contributed by atoms with van der Waals surface area (Å²) in [5, 5.41) is 0. The lowest BCUT2D eigenvalue weighted by Crippen LogP contribution is -2.29. The van der Waals surface area contributed by atoms with E-state index in [1.54, 1.807) is 11.3 Å². The normalized spacial score (nSPS) is 26.4. The Labute approximate surface area is 111 Å². The fraction of sp³-hybridized carbons (Fsp3) is 0.750. The van der Waals surface area contributed by atoms with E-state index in [9.17, 15) is 0 Å². The van der Waals surface area contributed by atoms with Gasteiger partial charge in [-0.2, -0.15) is 0 Å². The van der Waals surface area contributed by atoms with Crippen molar-refractivity contribution in [3.8, 4) is 0 Å². The Kier molecular flexibility index (Phi) is 3.74. The van der Waals surface area contributed by atoms with E-state index in [1.165, 1.54) is 83.2 Å². The second-order valence-electron chi connectivity index (χ2n) is 6.09. The van der Waals surface area contributed by atoms with Crippen LogP contribution in [0.15, 0.2) is 23.4 Å². The molecule has 2 heteroatoms. The first-order valence-electron chi connectivity index (χ1n) is 7.72. The van der Waals surface area contributed by atoms with Crippen molar-refractivity contribution in [2.75, 3.05) is 32.7 Å². The monoisotopic (exact) mass is 246 g/mol. The van der Waals surface area contributed by atoms with Gasteiger partial charge >= 0.3 is 0 Å². The summed E-state index contributed by atoms with van der Waals surface area (Å²) < 4.78 is 0. The first-order chi connectivity index (χ1) is 8.84. The Morgan fingerprint density at radius 3 is 2.22 bits per heavy atom. The minimum atomic E-state index is 1.21. The van der Waals surface area contributed by atoms with Crippen molar-refractivity contribution in [2.45, 2.75) is 44.9 Å². The van der Waals surface area contributed by atoms with Gasteiger partial charge in [-0.05, 0) is 69.2 Å². The molecule has 0 atom stereocenters. The summed E-state index contributed by atoms with van der Waals surface area (Å²) in [6.07, 6.45) is 9.37. The zero-order valence-corrected chi connectivity index (χ0v) is 11.6. The summed E-state index contributed by atoms with van der Waals surface area (Å²) >= 11 is 0. The maximum absolute atomic E-state index is 4.35. The molecule has 0 spiro atoms. The van der Waals surface area contributed by atoms with Crippen LogP contribution in [0.4, 0.5) is 0 Å². The van der Waals surface area contributed by atoms with Crippen molar-refractivity contribution in [2.24, 2.45) is 0 Å². The van der Waals surface area contributed by atoms with Crippen molar-refractivity contribution in [1.82, 2.24) is 9.80 Å². The van der Waals surface area contributed by atoms with Crippen molar-refractivity contribution in [3.63, 3.8) is 0 Å². The molecule has 2 saturated heterocycles. The number of likely N-dealkylation sites (tertiary alicyclic amines) is 2. The maximum Gasteiger partial charge on any atom is 0.0397 e. The standard InChI is InChI=1S/C16H26N2/c1-14-7-6-8-15(13-17-9-2-3-10-17)16(14)18-11-4-5-12-18/h1-13H2. The van der Waals surface area contributed by atoms with Crippen LogP contribution in [0.25, 0.3) is 0 Å². The number of hydrogen-bond acceptors (Lipinski definition) is 2. The summed E-state index contributed by atoms with van der Waals surface area (Å²) in [6.45, 7) is 10.7. The first kappa shape index (κ1) is 12.3. The molecule has 0 unspecified atom stereocenters. The molecule has 1 aliphatic carbocycles. The Morgan fingerprint density at radius 2 is 1.50 bits per heavy atom.